The van der Waals surface area contributed by atoms with Crippen molar-refractivity contribution in [2.45, 2.75) is 51.9 Å². The van der Waals surface area contributed by atoms with Crippen LogP contribution in [0.3, 0.4) is 0 Å². The van der Waals surface area contributed by atoms with E-state index in [1.54, 1.807) is 0 Å². The van der Waals surface area contributed by atoms with Crippen LogP contribution in [0, 0.1) is 0 Å². The molecule has 0 aliphatic heterocycles. The highest BCUT2D eigenvalue weighted by Gasteiger charge is 2.19. The van der Waals surface area contributed by atoms with Gasteiger partial charge in [-0.1, -0.05) is 26.8 Å². The van der Waals surface area contributed by atoms with Crippen LogP contribution in [-0.2, 0) is 18.3 Å². The molecule has 0 amide bonds. The maximum atomic E-state index is 6.14. The number of hydrogen-bond acceptors (Lipinski definition) is 1. The average molecular weight is 203 g/mol. The van der Waals surface area contributed by atoms with Crippen LogP contribution >= 0.6 is 0 Å². The second-order valence-electron chi connectivity index (χ2n) is 5.66. The van der Waals surface area contributed by atoms with Crippen LogP contribution in [0.1, 0.15) is 50.3 Å². The summed E-state index contributed by atoms with van der Waals surface area (Å²) in [5.41, 5.74) is 11.6. The maximum Gasteiger partial charge on any atom is 0.0352 e. The van der Waals surface area contributed by atoms with E-state index in [0.717, 1.165) is 5.69 Å². The summed E-state index contributed by atoms with van der Waals surface area (Å²) in [6, 6.07) is 4.54. The Morgan fingerprint density at radius 2 is 1.73 bits per heavy atom. The molecule has 0 fully saturated rings. The quantitative estimate of drug-likeness (QED) is 0.642. The largest absolute Gasteiger partial charge is 0.398 e. The van der Waals surface area contributed by atoms with Gasteiger partial charge >= 0.3 is 0 Å². The summed E-state index contributed by atoms with van der Waals surface area (Å²) >= 11 is 0. The zero-order valence-corrected chi connectivity index (χ0v) is 10.1. The molecule has 1 heteroatoms. The van der Waals surface area contributed by atoms with Crippen molar-refractivity contribution in [2.75, 3.05) is 5.73 Å². The summed E-state index contributed by atoms with van der Waals surface area (Å²) in [7, 11) is 0. The zero-order valence-electron chi connectivity index (χ0n) is 10.1. The summed E-state index contributed by atoms with van der Waals surface area (Å²) in [6.45, 7) is 6.74. The molecule has 0 bridgehead atoms. The first-order valence-electron chi connectivity index (χ1n) is 5.90. The Morgan fingerprint density at radius 3 is 2.40 bits per heavy atom. The first-order valence-corrected chi connectivity index (χ1v) is 5.90. The van der Waals surface area contributed by atoms with E-state index in [1.165, 1.54) is 42.4 Å². The zero-order chi connectivity index (χ0) is 11.1. The smallest absolute Gasteiger partial charge is 0.0352 e. The minimum atomic E-state index is 0.209. The lowest BCUT2D eigenvalue weighted by molar-refractivity contribution is 0.586. The van der Waals surface area contributed by atoms with Crippen molar-refractivity contribution in [1.29, 1.82) is 0 Å². The van der Waals surface area contributed by atoms with Crippen LogP contribution in [0.4, 0.5) is 5.69 Å². The van der Waals surface area contributed by atoms with E-state index < -0.39 is 0 Å². The number of nitrogens with two attached hydrogens (primary N) is 1. The van der Waals surface area contributed by atoms with E-state index >= 15 is 0 Å². The van der Waals surface area contributed by atoms with Crippen LogP contribution in [0.2, 0.25) is 0 Å². The highest BCUT2D eigenvalue weighted by Crippen LogP contribution is 2.32. The summed E-state index contributed by atoms with van der Waals surface area (Å²) in [6.07, 6.45) is 5.00. The molecule has 0 unspecified atom stereocenters. The third-order valence-corrected chi connectivity index (χ3v) is 3.37. The first kappa shape index (κ1) is 10.5. The third kappa shape index (κ3) is 2.01. The molecule has 1 aromatic rings. The van der Waals surface area contributed by atoms with Gasteiger partial charge in [0.25, 0.3) is 0 Å². The van der Waals surface area contributed by atoms with Gasteiger partial charge in [0.15, 0.2) is 0 Å². The van der Waals surface area contributed by atoms with Crippen molar-refractivity contribution < 1.29 is 0 Å². The van der Waals surface area contributed by atoms with Crippen molar-refractivity contribution in [3.63, 3.8) is 0 Å². The predicted molar refractivity (Wildman–Crippen MR) is 66.2 cm³/mol. The lowest BCUT2D eigenvalue weighted by Gasteiger charge is -2.25. The summed E-state index contributed by atoms with van der Waals surface area (Å²) < 4.78 is 0. The van der Waals surface area contributed by atoms with Gasteiger partial charge in [0.2, 0.25) is 0 Å². The van der Waals surface area contributed by atoms with Crippen LogP contribution in [-0.4, -0.2) is 0 Å². The molecular formula is C14H21N. The monoisotopic (exact) mass is 203 g/mol. The molecular weight excluding hydrogens is 182 g/mol. The lowest BCUT2D eigenvalue weighted by Crippen LogP contribution is -2.15. The Hall–Kier alpha value is -0.980. The van der Waals surface area contributed by atoms with Crippen molar-refractivity contribution >= 4 is 5.69 Å². The second-order valence-corrected chi connectivity index (χ2v) is 5.66. The Morgan fingerprint density at radius 1 is 1.07 bits per heavy atom. The highest BCUT2D eigenvalue weighted by molar-refractivity contribution is 5.55. The fraction of sp³-hybridized carbons (Fsp3) is 0.571. The molecule has 1 nitrogen and oxygen atoms in total. The van der Waals surface area contributed by atoms with Crippen molar-refractivity contribution in [1.82, 2.24) is 0 Å². The number of hydrogen-bond donors (Lipinski definition) is 1. The van der Waals surface area contributed by atoms with Crippen molar-refractivity contribution in [3.8, 4) is 0 Å². The number of aryl methyl sites for hydroxylation is 1. The molecule has 0 atom stereocenters. The lowest BCUT2D eigenvalue weighted by atomic mass is 9.81. The minimum absolute atomic E-state index is 0.209. The number of nitrogen functional groups attached to an aromatic ring is 1. The Bertz CT molecular complexity index is 372. The second kappa shape index (κ2) is 3.55. The van der Waals surface area contributed by atoms with E-state index in [1.807, 2.05) is 0 Å². The molecule has 2 rings (SSSR count). The molecule has 0 heterocycles. The average Bonchev–Trinajstić information content (AvgIpc) is 2.16. The van der Waals surface area contributed by atoms with E-state index in [4.69, 9.17) is 5.73 Å². The molecule has 82 valence electrons. The first-order chi connectivity index (χ1) is 6.98. The number of benzene rings is 1. The summed E-state index contributed by atoms with van der Waals surface area (Å²) in [5.74, 6) is 0. The molecule has 1 aliphatic rings. The van der Waals surface area contributed by atoms with Gasteiger partial charge in [0.05, 0.1) is 0 Å². The van der Waals surface area contributed by atoms with E-state index in [0.29, 0.717) is 0 Å². The van der Waals surface area contributed by atoms with E-state index in [-0.39, 0.29) is 5.41 Å². The van der Waals surface area contributed by atoms with Crippen LogP contribution in [0.15, 0.2) is 12.1 Å². The molecule has 0 aromatic heterocycles. The minimum Gasteiger partial charge on any atom is -0.398 e. The van der Waals surface area contributed by atoms with Gasteiger partial charge in [0.1, 0.15) is 0 Å². The summed E-state index contributed by atoms with van der Waals surface area (Å²) in [4.78, 5) is 0. The SMILES string of the molecule is CC(C)(C)c1cc(N)c2c(c1)CCCC2. The van der Waals surface area contributed by atoms with E-state index in [2.05, 4.69) is 32.9 Å². The molecule has 2 N–H and O–H groups in total. The normalized spacial score (nSPS) is 16.2. The molecule has 0 saturated heterocycles. The van der Waals surface area contributed by atoms with Crippen LogP contribution in [0.5, 0.6) is 0 Å². The number of rotatable bonds is 0. The van der Waals surface area contributed by atoms with Crippen molar-refractivity contribution in [2.24, 2.45) is 0 Å². The van der Waals surface area contributed by atoms with E-state index in [9.17, 15) is 0 Å². The molecule has 1 aromatic carbocycles. The molecule has 0 saturated carbocycles. The fourth-order valence-corrected chi connectivity index (χ4v) is 2.33. The number of fused-ring (bicyclic) bond motifs is 1. The summed E-state index contributed by atoms with van der Waals surface area (Å²) in [5, 5.41) is 0. The molecule has 0 spiro atoms. The molecule has 0 radical (unpaired) electrons. The van der Waals surface area contributed by atoms with Crippen molar-refractivity contribution in [3.05, 3.63) is 28.8 Å². The predicted octanol–water partition coefficient (Wildman–Crippen LogP) is 3.45. The molecule has 1 aliphatic carbocycles. The van der Waals surface area contributed by atoms with Gasteiger partial charge in [-0.3, -0.25) is 0 Å². The fourth-order valence-electron chi connectivity index (χ4n) is 2.33. The van der Waals surface area contributed by atoms with Crippen LogP contribution in [0.25, 0.3) is 0 Å². The van der Waals surface area contributed by atoms with Gasteiger partial charge in [-0.05, 0) is 53.9 Å². The Labute approximate surface area is 92.7 Å². The van der Waals surface area contributed by atoms with Gasteiger partial charge in [-0.2, -0.15) is 0 Å². The Kier molecular flexibility index (Phi) is 2.49. The topological polar surface area (TPSA) is 26.0 Å². The van der Waals surface area contributed by atoms with Gasteiger partial charge < -0.3 is 5.73 Å². The third-order valence-electron chi connectivity index (χ3n) is 3.37. The molecule has 15 heavy (non-hydrogen) atoms. The number of anilines is 1. The van der Waals surface area contributed by atoms with Crippen LogP contribution < -0.4 is 5.73 Å². The van der Waals surface area contributed by atoms with Gasteiger partial charge in [0, 0.05) is 5.69 Å². The van der Waals surface area contributed by atoms with Gasteiger partial charge in [-0.15, -0.1) is 0 Å². The standard InChI is InChI=1S/C14H21N/c1-14(2,3)11-8-10-6-4-5-7-12(10)13(15)9-11/h8-9H,4-7,15H2,1-3H3. The Balaban J connectivity index is 2.50. The van der Waals surface area contributed by atoms with Gasteiger partial charge in [-0.25, -0.2) is 0 Å². The highest BCUT2D eigenvalue weighted by atomic mass is 14.6. The maximum absolute atomic E-state index is 6.14.